The van der Waals surface area contributed by atoms with E-state index in [1.807, 2.05) is 18.2 Å². The van der Waals surface area contributed by atoms with Gasteiger partial charge < -0.3 is 5.32 Å². The monoisotopic (exact) mass is 257 g/mol. The van der Waals surface area contributed by atoms with Crippen LogP contribution in [0, 0.1) is 21.4 Å². The summed E-state index contributed by atoms with van der Waals surface area (Å²) in [7, 11) is 0. The zero-order valence-electron chi connectivity index (χ0n) is 10.0. The lowest BCUT2D eigenvalue weighted by Gasteiger charge is -2.01. The van der Waals surface area contributed by atoms with Crippen LogP contribution in [-0.4, -0.2) is 23.2 Å². The number of nitro groups is 1. The first-order valence-electron chi connectivity index (χ1n) is 5.70. The molecule has 0 saturated heterocycles. The highest BCUT2D eigenvalue weighted by Gasteiger charge is 2.14. The van der Waals surface area contributed by atoms with Crippen molar-refractivity contribution in [1.82, 2.24) is 5.32 Å². The summed E-state index contributed by atoms with van der Waals surface area (Å²) in [6.45, 7) is 0.477. The van der Waals surface area contributed by atoms with Crippen LogP contribution in [0.15, 0.2) is 34.4 Å². The molecule has 1 aromatic carbocycles. The predicted octanol–water partition coefficient (Wildman–Crippen LogP) is 1.08. The van der Waals surface area contributed by atoms with Crippen molar-refractivity contribution in [3.63, 3.8) is 0 Å². The summed E-state index contributed by atoms with van der Waals surface area (Å²) in [5.41, 5.74) is 2.49. The molecule has 0 atom stereocenters. The standard InChI is InChI=1S/C12H11N5O2/c13-7-10-3-1-2-9(6-10)4-5-11-8-14-12(15-11)16-17(18)19/h1-3,6H,4-5,8H2,(H,14,16). The summed E-state index contributed by atoms with van der Waals surface area (Å²) >= 11 is 0. The van der Waals surface area contributed by atoms with Crippen molar-refractivity contribution in [2.24, 2.45) is 10.1 Å². The molecule has 19 heavy (non-hydrogen) atoms. The number of rotatable bonds is 4. The van der Waals surface area contributed by atoms with Gasteiger partial charge in [-0.2, -0.15) is 5.26 Å². The normalized spacial score (nSPS) is 15.7. The molecular weight excluding hydrogens is 246 g/mol. The summed E-state index contributed by atoms with van der Waals surface area (Å²) < 4.78 is 0. The van der Waals surface area contributed by atoms with E-state index in [0.29, 0.717) is 18.5 Å². The van der Waals surface area contributed by atoms with Crippen molar-refractivity contribution in [1.29, 1.82) is 5.26 Å². The Morgan fingerprint density at radius 1 is 1.53 bits per heavy atom. The number of aryl methyl sites for hydroxylation is 1. The molecule has 0 amide bonds. The third-order valence-corrected chi connectivity index (χ3v) is 2.65. The Bertz CT molecular complexity index is 600. The number of hydrogen-bond acceptors (Lipinski definition) is 3. The van der Waals surface area contributed by atoms with Gasteiger partial charge in [-0.3, -0.25) is 0 Å². The lowest BCUT2D eigenvalue weighted by molar-refractivity contribution is -0.485. The second-order valence-corrected chi connectivity index (χ2v) is 4.01. The highest BCUT2D eigenvalue weighted by Crippen LogP contribution is 2.08. The average molecular weight is 257 g/mol. The maximum atomic E-state index is 10.2. The maximum Gasteiger partial charge on any atom is 0.295 e. The number of benzene rings is 1. The van der Waals surface area contributed by atoms with Gasteiger partial charge in [-0.05, 0) is 30.5 Å². The molecule has 2 rings (SSSR count). The molecule has 1 aliphatic heterocycles. The first-order valence-corrected chi connectivity index (χ1v) is 5.70. The summed E-state index contributed by atoms with van der Waals surface area (Å²) in [6, 6.07) is 9.44. The Kier molecular flexibility index (Phi) is 3.83. The zero-order chi connectivity index (χ0) is 13.7. The fourth-order valence-electron chi connectivity index (χ4n) is 1.77. The summed E-state index contributed by atoms with van der Waals surface area (Å²) in [5, 5.41) is 24.1. The minimum absolute atomic E-state index is 0.0470. The van der Waals surface area contributed by atoms with E-state index in [4.69, 9.17) is 5.26 Å². The number of nitriles is 1. The quantitative estimate of drug-likeness (QED) is 0.643. The van der Waals surface area contributed by atoms with Crippen LogP contribution in [0.4, 0.5) is 0 Å². The van der Waals surface area contributed by atoms with Crippen LogP contribution in [-0.2, 0) is 6.42 Å². The van der Waals surface area contributed by atoms with Gasteiger partial charge in [-0.1, -0.05) is 12.1 Å². The Morgan fingerprint density at radius 3 is 3.11 bits per heavy atom. The molecule has 0 spiro atoms. The number of hydrazone groups is 1. The molecule has 0 aromatic heterocycles. The van der Waals surface area contributed by atoms with Crippen molar-refractivity contribution in [2.75, 3.05) is 6.54 Å². The maximum absolute atomic E-state index is 10.2. The molecule has 1 aliphatic rings. The Labute approximate surface area is 109 Å². The van der Waals surface area contributed by atoms with Crippen molar-refractivity contribution >= 4 is 11.7 Å². The van der Waals surface area contributed by atoms with Crippen LogP contribution in [0.5, 0.6) is 0 Å². The van der Waals surface area contributed by atoms with Gasteiger partial charge in [0.05, 0.1) is 18.2 Å². The molecule has 1 heterocycles. The van der Waals surface area contributed by atoms with Crippen molar-refractivity contribution < 1.29 is 5.03 Å². The van der Waals surface area contributed by atoms with E-state index in [-0.39, 0.29) is 5.96 Å². The minimum Gasteiger partial charge on any atom is -0.344 e. The van der Waals surface area contributed by atoms with Crippen LogP contribution in [0.1, 0.15) is 17.5 Å². The van der Waals surface area contributed by atoms with Gasteiger partial charge in [-0.15, -0.1) is 0 Å². The molecule has 7 heteroatoms. The SMILES string of the molecule is N#Cc1cccc(CCC2=NC(=N[N+](=O)[O-])NC2)c1. The fraction of sp³-hybridized carbons (Fsp3) is 0.250. The van der Waals surface area contributed by atoms with Gasteiger partial charge in [-0.25, -0.2) is 15.1 Å². The summed E-state index contributed by atoms with van der Waals surface area (Å²) in [4.78, 5) is 14.2. The Balaban J connectivity index is 1.96. The third-order valence-electron chi connectivity index (χ3n) is 2.65. The van der Waals surface area contributed by atoms with Crippen molar-refractivity contribution in [3.05, 3.63) is 45.5 Å². The number of guanidine groups is 1. The molecule has 0 bridgehead atoms. The van der Waals surface area contributed by atoms with E-state index < -0.39 is 5.03 Å². The molecule has 1 aromatic rings. The lowest BCUT2D eigenvalue weighted by Crippen LogP contribution is -2.19. The molecular formula is C12H11N5O2. The molecule has 1 N–H and O–H groups in total. The van der Waals surface area contributed by atoms with E-state index in [9.17, 15) is 10.1 Å². The van der Waals surface area contributed by atoms with Crippen LogP contribution in [0.25, 0.3) is 0 Å². The molecule has 0 saturated carbocycles. The molecule has 96 valence electrons. The summed E-state index contributed by atoms with van der Waals surface area (Å²) in [5.74, 6) is 0.0470. The first kappa shape index (κ1) is 12.7. The van der Waals surface area contributed by atoms with Crippen LogP contribution >= 0.6 is 0 Å². The Hall–Kier alpha value is -2.75. The van der Waals surface area contributed by atoms with Crippen molar-refractivity contribution in [2.45, 2.75) is 12.8 Å². The average Bonchev–Trinajstić information content (AvgIpc) is 2.83. The first-order chi connectivity index (χ1) is 9.17. The van der Waals surface area contributed by atoms with Gasteiger partial charge >= 0.3 is 0 Å². The Morgan fingerprint density at radius 2 is 2.37 bits per heavy atom. The highest BCUT2D eigenvalue weighted by molar-refractivity contribution is 6.04. The minimum atomic E-state index is -0.773. The lowest BCUT2D eigenvalue weighted by atomic mass is 10.1. The number of nitrogens with one attached hydrogen (secondary N) is 1. The third kappa shape index (κ3) is 3.61. The van der Waals surface area contributed by atoms with E-state index in [1.165, 1.54) is 0 Å². The van der Waals surface area contributed by atoms with Gasteiger partial charge in [0.1, 0.15) is 5.10 Å². The van der Waals surface area contributed by atoms with Crippen molar-refractivity contribution in [3.8, 4) is 6.07 Å². The predicted molar refractivity (Wildman–Crippen MR) is 69.3 cm³/mol. The molecule has 0 fully saturated rings. The summed E-state index contributed by atoms with van der Waals surface area (Å²) in [6.07, 6.45) is 1.42. The zero-order valence-corrected chi connectivity index (χ0v) is 10.0. The number of nitrogens with zero attached hydrogens (tertiary/aromatic N) is 4. The largest absolute Gasteiger partial charge is 0.344 e. The second kappa shape index (κ2) is 5.73. The smallest absolute Gasteiger partial charge is 0.295 e. The van der Waals surface area contributed by atoms with Crippen LogP contribution < -0.4 is 5.32 Å². The van der Waals surface area contributed by atoms with Gasteiger partial charge in [0, 0.05) is 5.71 Å². The topological polar surface area (TPSA) is 104 Å². The van der Waals surface area contributed by atoms with Crippen LogP contribution in [0.3, 0.4) is 0 Å². The second-order valence-electron chi connectivity index (χ2n) is 4.01. The highest BCUT2D eigenvalue weighted by atomic mass is 16.7. The van der Waals surface area contributed by atoms with E-state index in [1.54, 1.807) is 6.07 Å². The van der Waals surface area contributed by atoms with Gasteiger partial charge in [0.15, 0.2) is 5.03 Å². The molecule has 7 nitrogen and oxygen atoms in total. The van der Waals surface area contributed by atoms with Crippen LogP contribution in [0.2, 0.25) is 0 Å². The van der Waals surface area contributed by atoms with Gasteiger partial charge in [0.25, 0.3) is 5.96 Å². The van der Waals surface area contributed by atoms with E-state index in [0.717, 1.165) is 17.7 Å². The van der Waals surface area contributed by atoms with E-state index >= 15 is 0 Å². The fourth-order valence-corrected chi connectivity index (χ4v) is 1.77. The molecule has 0 unspecified atom stereocenters. The number of aliphatic imine (C=N–C) groups is 1. The van der Waals surface area contributed by atoms with E-state index in [2.05, 4.69) is 21.5 Å². The molecule has 0 aliphatic carbocycles. The van der Waals surface area contributed by atoms with Gasteiger partial charge in [0.2, 0.25) is 0 Å². The molecule has 0 radical (unpaired) electrons. The number of hydrogen-bond donors (Lipinski definition) is 1.